The molecule has 1 N–H and O–H groups in total. The van der Waals surface area contributed by atoms with E-state index in [1.54, 1.807) is 28.4 Å². The molecule has 2 aliphatic rings. The van der Waals surface area contributed by atoms with Crippen LogP contribution in [-0.4, -0.2) is 52.4 Å². The summed E-state index contributed by atoms with van der Waals surface area (Å²) in [6.07, 6.45) is -0.817. The second-order valence-electron chi connectivity index (χ2n) is 7.27. The van der Waals surface area contributed by atoms with Gasteiger partial charge in [-0.3, -0.25) is 0 Å². The van der Waals surface area contributed by atoms with Crippen LogP contribution in [-0.2, 0) is 9.47 Å². The van der Waals surface area contributed by atoms with E-state index in [4.69, 9.17) is 28.4 Å². The molecule has 7 heteroatoms. The van der Waals surface area contributed by atoms with Gasteiger partial charge in [0.1, 0.15) is 11.7 Å². The molecule has 7 nitrogen and oxygen atoms in total. The monoisotopic (exact) mass is 402 g/mol. The van der Waals surface area contributed by atoms with Gasteiger partial charge in [-0.2, -0.15) is 0 Å². The Morgan fingerprint density at radius 1 is 0.793 bits per heavy atom. The molecule has 1 unspecified atom stereocenters. The van der Waals surface area contributed by atoms with E-state index in [1.165, 1.54) is 0 Å². The smallest absolute Gasteiger partial charge is 0.161 e. The van der Waals surface area contributed by atoms with Gasteiger partial charge in [0.15, 0.2) is 23.0 Å². The third-order valence-corrected chi connectivity index (χ3v) is 5.84. The Morgan fingerprint density at radius 2 is 1.34 bits per heavy atom. The average molecular weight is 402 g/mol. The summed E-state index contributed by atoms with van der Waals surface area (Å²) >= 11 is 0. The Kier molecular flexibility index (Phi) is 5.29. The third-order valence-electron chi connectivity index (χ3n) is 5.84. The molecule has 0 amide bonds. The summed E-state index contributed by atoms with van der Waals surface area (Å²) in [5.41, 5.74) is 0.599. The quantitative estimate of drug-likeness (QED) is 0.796. The van der Waals surface area contributed by atoms with Gasteiger partial charge in [-0.25, -0.2) is 0 Å². The Labute approximate surface area is 170 Å². The van der Waals surface area contributed by atoms with Crippen LogP contribution in [0.25, 0.3) is 0 Å². The van der Waals surface area contributed by atoms with Crippen LogP contribution < -0.4 is 18.9 Å². The number of methoxy groups -OCH3 is 4. The minimum absolute atomic E-state index is 0.176. The van der Waals surface area contributed by atoms with Crippen LogP contribution in [0.2, 0.25) is 0 Å². The van der Waals surface area contributed by atoms with E-state index < -0.39 is 11.7 Å². The van der Waals surface area contributed by atoms with Crippen molar-refractivity contribution in [1.82, 2.24) is 0 Å². The summed E-state index contributed by atoms with van der Waals surface area (Å²) in [7, 11) is 6.37. The lowest BCUT2D eigenvalue weighted by Gasteiger charge is -2.27. The third kappa shape index (κ3) is 3.19. The molecule has 2 heterocycles. The Hall–Kier alpha value is -2.48. The maximum atomic E-state index is 11.5. The van der Waals surface area contributed by atoms with Gasteiger partial charge in [0, 0.05) is 5.92 Å². The lowest BCUT2D eigenvalue weighted by molar-refractivity contribution is -0.0628. The molecule has 0 aromatic heterocycles. The molecule has 2 aromatic carbocycles. The van der Waals surface area contributed by atoms with Gasteiger partial charge in [0.25, 0.3) is 0 Å². The first kappa shape index (κ1) is 19.8. The minimum atomic E-state index is -1.14. The van der Waals surface area contributed by atoms with Crippen molar-refractivity contribution in [3.8, 4) is 23.0 Å². The largest absolute Gasteiger partial charge is 0.493 e. The molecule has 0 saturated carbocycles. The Balaban J connectivity index is 1.63. The molecule has 2 fully saturated rings. The summed E-state index contributed by atoms with van der Waals surface area (Å²) < 4.78 is 33.5. The van der Waals surface area contributed by atoms with Gasteiger partial charge in [0.05, 0.1) is 47.8 Å². The average Bonchev–Trinajstić information content (AvgIpc) is 3.27. The van der Waals surface area contributed by atoms with Gasteiger partial charge in [0.2, 0.25) is 0 Å². The molecule has 0 aliphatic carbocycles. The number of rotatable bonds is 6. The Bertz CT molecular complexity index is 883. The van der Waals surface area contributed by atoms with Crippen molar-refractivity contribution in [2.45, 2.75) is 17.8 Å². The maximum absolute atomic E-state index is 11.5. The SMILES string of the molecule is COc1ccc(C2OC[C@]3(O)[C@@H](c4ccc(OC)c(OC)c4)OC[C@H]23)cc1OC. The molecule has 2 aliphatic heterocycles. The molecular weight excluding hydrogens is 376 g/mol. The standard InChI is InChI=1S/C22H26O7/c1-24-16-7-5-13(9-18(16)26-3)20-15-11-28-21(22(15,23)12-29-20)14-6-8-17(25-2)19(10-14)27-4/h5-10,15,20-21,23H,11-12H2,1-4H3/t15-,20?,21-,22-/m1/s1. The first-order chi connectivity index (χ1) is 14.0. The van der Waals surface area contributed by atoms with Crippen LogP contribution in [0.5, 0.6) is 23.0 Å². The van der Waals surface area contributed by atoms with Crippen molar-refractivity contribution in [1.29, 1.82) is 0 Å². The molecule has 0 bridgehead atoms. The highest BCUT2D eigenvalue weighted by Crippen LogP contribution is 2.54. The number of aliphatic hydroxyl groups is 1. The van der Waals surface area contributed by atoms with E-state index in [2.05, 4.69) is 0 Å². The van der Waals surface area contributed by atoms with E-state index in [-0.39, 0.29) is 18.6 Å². The summed E-state index contributed by atoms with van der Waals surface area (Å²) in [4.78, 5) is 0. The van der Waals surface area contributed by atoms with Crippen molar-refractivity contribution in [3.05, 3.63) is 47.5 Å². The molecule has 29 heavy (non-hydrogen) atoms. The van der Waals surface area contributed by atoms with E-state index >= 15 is 0 Å². The van der Waals surface area contributed by atoms with Crippen molar-refractivity contribution in [2.75, 3.05) is 41.7 Å². The normalized spacial score (nSPS) is 28.1. The van der Waals surface area contributed by atoms with Crippen LogP contribution in [0.15, 0.2) is 36.4 Å². The van der Waals surface area contributed by atoms with Gasteiger partial charge in [-0.15, -0.1) is 0 Å². The second-order valence-corrected chi connectivity index (χ2v) is 7.27. The minimum Gasteiger partial charge on any atom is -0.493 e. The molecule has 4 rings (SSSR count). The van der Waals surface area contributed by atoms with Crippen LogP contribution in [0.4, 0.5) is 0 Å². The van der Waals surface area contributed by atoms with Gasteiger partial charge in [-0.05, 0) is 35.4 Å². The van der Waals surface area contributed by atoms with E-state index in [0.717, 1.165) is 11.1 Å². The fraction of sp³-hybridized carbons (Fsp3) is 0.455. The second kappa shape index (κ2) is 7.74. The zero-order valence-electron chi connectivity index (χ0n) is 17.0. The van der Waals surface area contributed by atoms with Crippen molar-refractivity contribution in [3.63, 3.8) is 0 Å². The van der Waals surface area contributed by atoms with Crippen molar-refractivity contribution in [2.24, 2.45) is 5.92 Å². The molecule has 0 radical (unpaired) electrons. The number of benzene rings is 2. The molecule has 2 saturated heterocycles. The highest BCUT2D eigenvalue weighted by molar-refractivity contribution is 5.46. The summed E-state index contributed by atoms with van der Waals surface area (Å²) in [5, 5.41) is 11.5. The molecule has 156 valence electrons. The lowest BCUT2D eigenvalue weighted by atomic mass is 9.81. The van der Waals surface area contributed by atoms with E-state index in [9.17, 15) is 5.11 Å². The first-order valence-corrected chi connectivity index (χ1v) is 9.45. The zero-order chi connectivity index (χ0) is 20.6. The number of hydrogen-bond acceptors (Lipinski definition) is 7. The summed E-state index contributed by atoms with van der Waals surface area (Å²) in [6, 6.07) is 11.2. The fourth-order valence-electron chi connectivity index (χ4n) is 4.31. The van der Waals surface area contributed by atoms with Crippen LogP contribution in [0.1, 0.15) is 23.3 Å². The predicted octanol–water partition coefficient (Wildman–Crippen LogP) is 2.91. The number of hydrogen-bond donors (Lipinski definition) is 1. The summed E-state index contributed by atoms with van der Waals surface area (Å²) in [5.74, 6) is 2.29. The highest BCUT2D eigenvalue weighted by atomic mass is 16.6. The van der Waals surface area contributed by atoms with Crippen molar-refractivity contribution < 1.29 is 33.5 Å². The zero-order valence-corrected chi connectivity index (χ0v) is 17.0. The first-order valence-electron chi connectivity index (χ1n) is 9.45. The van der Waals surface area contributed by atoms with Gasteiger partial charge in [-0.1, -0.05) is 12.1 Å². The lowest BCUT2D eigenvalue weighted by Crippen LogP contribution is -2.39. The van der Waals surface area contributed by atoms with E-state index in [0.29, 0.717) is 29.6 Å². The fourth-order valence-corrected chi connectivity index (χ4v) is 4.31. The van der Waals surface area contributed by atoms with Crippen molar-refractivity contribution >= 4 is 0 Å². The maximum Gasteiger partial charge on any atom is 0.161 e. The van der Waals surface area contributed by atoms with Crippen LogP contribution in [0, 0.1) is 5.92 Å². The molecule has 2 aromatic rings. The number of fused-ring (bicyclic) bond motifs is 1. The molecule has 4 atom stereocenters. The van der Waals surface area contributed by atoms with Gasteiger partial charge < -0.3 is 33.5 Å². The number of ether oxygens (including phenoxy) is 6. The topological polar surface area (TPSA) is 75.6 Å². The Morgan fingerprint density at radius 3 is 1.93 bits per heavy atom. The predicted molar refractivity (Wildman–Crippen MR) is 105 cm³/mol. The van der Waals surface area contributed by atoms with Gasteiger partial charge >= 0.3 is 0 Å². The van der Waals surface area contributed by atoms with Crippen LogP contribution in [0.3, 0.4) is 0 Å². The molecule has 0 spiro atoms. The van der Waals surface area contributed by atoms with Crippen LogP contribution >= 0.6 is 0 Å². The summed E-state index contributed by atoms with van der Waals surface area (Å²) in [6.45, 7) is 0.560. The molecular formula is C22H26O7. The highest BCUT2D eigenvalue weighted by Gasteiger charge is 2.59. The van der Waals surface area contributed by atoms with E-state index in [1.807, 2.05) is 36.4 Å².